The van der Waals surface area contributed by atoms with Gasteiger partial charge in [-0.25, -0.2) is 0 Å². The van der Waals surface area contributed by atoms with Gasteiger partial charge in [-0.15, -0.1) is 11.3 Å². The smallest absolute Gasteiger partial charge is 0.163 e. The van der Waals surface area contributed by atoms with Crippen molar-refractivity contribution in [3.05, 3.63) is 55.7 Å². The topological polar surface area (TPSA) is 17.1 Å². The molecule has 0 unspecified atom stereocenters. The van der Waals surface area contributed by atoms with Crippen molar-refractivity contribution in [1.29, 1.82) is 0 Å². The molecule has 1 aromatic heterocycles. The maximum absolute atomic E-state index is 12.1. The summed E-state index contributed by atoms with van der Waals surface area (Å²) in [6.45, 7) is 4.04. The first-order valence-electron chi connectivity index (χ1n) is 5.90. The van der Waals surface area contributed by atoms with E-state index in [2.05, 4.69) is 22.0 Å². The van der Waals surface area contributed by atoms with Crippen LogP contribution < -0.4 is 0 Å². The standard InChI is InChI=1S/C15H15BrOS/c1-10-8-12(9-11(2)15(10)16)14(17)6-5-13-4-3-7-18-13/h3-4,7-9H,5-6H2,1-2H3. The molecule has 3 heteroatoms. The van der Waals surface area contributed by atoms with Gasteiger partial charge in [0.05, 0.1) is 0 Å². The Morgan fingerprint density at radius 3 is 2.50 bits per heavy atom. The number of carbonyl (C=O) groups is 1. The molecule has 0 N–H and O–H groups in total. The Balaban J connectivity index is 2.09. The van der Waals surface area contributed by atoms with Crippen molar-refractivity contribution in [2.45, 2.75) is 26.7 Å². The normalized spacial score (nSPS) is 10.6. The molecule has 2 aromatic rings. The molecular formula is C15H15BrOS. The van der Waals surface area contributed by atoms with E-state index in [1.165, 1.54) is 4.88 Å². The zero-order valence-electron chi connectivity index (χ0n) is 10.5. The van der Waals surface area contributed by atoms with Crippen LogP contribution in [0, 0.1) is 13.8 Å². The van der Waals surface area contributed by atoms with Crippen LogP contribution in [0.4, 0.5) is 0 Å². The number of carbonyl (C=O) groups excluding carboxylic acids is 1. The van der Waals surface area contributed by atoms with E-state index in [4.69, 9.17) is 0 Å². The van der Waals surface area contributed by atoms with Crippen LogP contribution in [0.15, 0.2) is 34.1 Å². The number of ketones is 1. The average molecular weight is 323 g/mol. The van der Waals surface area contributed by atoms with Gasteiger partial charge >= 0.3 is 0 Å². The number of halogens is 1. The van der Waals surface area contributed by atoms with Crippen molar-refractivity contribution in [1.82, 2.24) is 0 Å². The Morgan fingerprint density at radius 1 is 1.28 bits per heavy atom. The van der Waals surface area contributed by atoms with Gasteiger partial charge in [0.2, 0.25) is 0 Å². The fourth-order valence-corrected chi connectivity index (χ4v) is 2.88. The molecule has 0 fully saturated rings. The van der Waals surface area contributed by atoms with Crippen LogP contribution in [-0.4, -0.2) is 5.78 Å². The van der Waals surface area contributed by atoms with Gasteiger partial charge in [-0.3, -0.25) is 4.79 Å². The highest BCUT2D eigenvalue weighted by atomic mass is 79.9. The minimum absolute atomic E-state index is 0.224. The van der Waals surface area contributed by atoms with Crippen molar-refractivity contribution in [3.63, 3.8) is 0 Å². The van der Waals surface area contributed by atoms with Crippen LogP contribution in [0.2, 0.25) is 0 Å². The van der Waals surface area contributed by atoms with E-state index in [9.17, 15) is 4.79 Å². The molecule has 0 amide bonds. The highest BCUT2D eigenvalue weighted by Gasteiger charge is 2.10. The second kappa shape index (κ2) is 5.81. The molecule has 18 heavy (non-hydrogen) atoms. The number of thiophene rings is 1. The van der Waals surface area contributed by atoms with Crippen LogP contribution in [0.25, 0.3) is 0 Å². The van der Waals surface area contributed by atoms with E-state index in [0.717, 1.165) is 27.6 Å². The lowest BCUT2D eigenvalue weighted by molar-refractivity contribution is 0.0983. The van der Waals surface area contributed by atoms with E-state index in [-0.39, 0.29) is 5.78 Å². The minimum Gasteiger partial charge on any atom is -0.294 e. The molecule has 94 valence electrons. The fourth-order valence-electron chi connectivity index (χ4n) is 1.94. The molecule has 2 rings (SSSR count). The van der Waals surface area contributed by atoms with Crippen LogP contribution in [0.1, 0.15) is 32.8 Å². The summed E-state index contributed by atoms with van der Waals surface area (Å²) in [5, 5.41) is 2.05. The molecule has 0 spiro atoms. The molecule has 1 heterocycles. The van der Waals surface area contributed by atoms with Crippen molar-refractivity contribution in [3.8, 4) is 0 Å². The van der Waals surface area contributed by atoms with Gasteiger partial charge in [0, 0.05) is 21.3 Å². The van der Waals surface area contributed by atoms with Gasteiger partial charge in [-0.05, 0) is 55.0 Å². The van der Waals surface area contributed by atoms with Crippen LogP contribution >= 0.6 is 27.3 Å². The molecule has 0 saturated carbocycles. The van der Waals surface area contributed by atoms with Crippen molar-refractivity contribution >= 4 is 33.0 Å². The number of rotatable bonds is 4. The lowest BCUT2D eigenvalue weighted by atomic mass is 10.0. The van der Waals surface area contributed by atoms with Gasteiger partial charge in [0.25, 0.3) is 0 Å². The van der Waals surface area contributed by atoms with E-state index in [1.54, 1.807) is 11.3 Å². The van der Waals surface area contributed by atoms with Gasteiger partial charge in [0.1, 0.15) is 0 Å². The number of Topliss-reactive ketones (excluding diaryl/α,β-unsaturated/α-hetero) is 1. The first-order chi connectivity index (χ1) is 8.58. The summed E-state index contributed by atoms with van der Waals surface area (Å²) in [7, 11) is 0. The number of hydrogen-bond acceptors (Lipinski definition) is 2. The molecule has 1 nitrogen and oxygen atoms in total. The molecule has 0 aliphatic carbocycles. The Morgan fingerprint density at radius 2 is 1.94 bits per heavy atom. The third-order valence-electron chi connectivity index (χ3n) is 2.94. The van der Waals surface area contributed by atoms with Gasteiger partial charge in [-0.2, -0.15) is 0 Å². The predicted octanol–water partition coefficient (Wildman–Crippen LogP) is 4.94. The lowest BCUT2D eigenvalue weighted by Crippen LogP contribution is -2.02. The summed E-state index contributed by atoms with van der Waals surface area (Å²) >= 11 is 5.23. The van der Waals surface area contributed by atoms with Crippen molar-refractivity contribution in [2.24, 2.45) is 0 Å². The monoisotopic (exact) mass is 322 g/mol. The number of aryl methyl sites for hydroxylation is 3. The van der Waals surface area contributed by atoms with E-state index < -0.39 is 0 Å². The molecule has 0 bridgehead atoms. The number of benzene rings is 1. The maximum Gasteiger partial charge on any atom is 0.163 e. The molecule has 0 aliphatic heterocycles. The fraction of sp³-hybridized carbons (Fsp3) is 0.267. The van der Waals surface area contributed by atoms with E-state index in [0.29, 0.717) is 6.42 Å². The summed E-state index contributed by atoms with van der Waals surface area (Å²) in [5.41, 5.74) is 3.06. The third kappa shape index (κ3) is 3.09. The van der Waals surface area contributed by atoms with Crippen molar-refractivity contribution in [2.75, 3.05) is 0 Å². The molecule has 0 aliphatic rings. The highest BCUT2D eigenvalue weighted by molar-refractivity contribution is 9.10. The van der Waals surface area contributed by atoms with Crippen LogP contribution in [0.3, 0.4) is 0 Å². The summed E-state index contributed by atoms with van der Waals surface area (Å²) in [6, 6.07) is 8.04. The lowest BCUT2D eigenvalue weighted by Gasteiger charge is -2.07. The maximum atomic E-state index is 12.1. The largest absolute Gasteiger partial charge is 0.294 e. The third-order valence-corrected chi connectivity index (χ3v) is 5.12. The van der Waals surface area contributed by atoms with Gasteiger partial charge < -0.3 is 0 Å². The first-order valence-corrected chi connectivity index (χ1v) is 7.57. The second-order valence-electron chi connectivity index (χ2n) is 4.43. The Bertz CT molecular complexity index is 535. The summed E-state index contributed by atoms with van der Waals surface area (Å²) in [4.78, 5) is 13.4. The molecule has 0 radical (unpaired) electrons. The second-order valence-corrected chi connectivity index (χ2v) is 6.25. The summed E-state index contributed by atoms with van der Waals surface area (Å²) in [6.07, 6.45) is 1.42. The Hall–Kier alpha value is -0.930. The zero-order chi connectivity index (χ0) is 13.1. The quantitative estimate of drug-likeness (QED) is 0.728. The summed E-state index contributed by atoms with van der Waals surface area (Å²) in [5.74, 6) is 0.224. The van der Waals surface area contributed by atoms with Gasteiger partial charge in [-0.1, -0.05) is 22.0 Å². The molecule has 0 saturated heterocycles. The SMILES string of the molecule is Cc1cc(C(=O)CCc2cccs2)cc(C)c1Br. The minimum atomic E-state index is 0.224. The van der Waals surface area contributed by atoms with Crippen LogP contribution in [0.5, 0.6) is 0 Å². The van der Waals surface area contributed by atoms with Crippen molar-refractivity contribution < 1.29 is 4.79 Å². The Kier molecular flexibility index (Phi) is 4.36. The van der Waals surface area contributed by atoms with Crippen LogP contribution in [-0.2, 0) is 6.42 Å². The highest BCUT2D eigenvalue weighted by Crippen LogP contribution is 2.23. The van der Waals surface area contributed by atoms with Gasteiger partial charge in [0.15, 0.2) is 5.78 Å². The zero-order valence-corrected chi connectivity index (χ0v) is 12.9. The predicted molar refractivity (Wildman–Crippen MR) is 80.6 cm³/mol. The molecule has 0 atom stereocenters. The summed E-state index contributed by atoms with van der Waals surface area (Å²) < 4.78 is 1.09. The number of hydrogen-bond donors (Lipinski definition) is 0. The van der Waals surface area contributed by atoms with E-state index >= 15 is 0 Å². The van der Waals surface area contributed by atoms with E-state index in [1.807, 2.05) is 37.4 Å². The Labute approximate surface area is 120 Å². The molecular weight excluding hydrogens is 308 g/mol. The average Bonchev–Trinajstić information content (AvgIpc) is 2.85. The molecule has 1 aromatic carbocycles. The first kappa shape index (κ1) is 13.5.